The third-order valence-corrected chi connectivity index (χ3v) is 3.80. The first-order valence-electron chi connectivity index (χ1n) is 7.58. The topological polar surface area (TPSA) is 70.6 Å². The van der Waals surface area contributed by atoms with Gasteiger partial charge in [-0.05, 0) is 43.4 Å². The molecule has 4 N–H and O–H groups in total. The Hall–Kier alpha value is -0.980. The van der Waals surface area contributed by atoms with Crippen molar-refractivity contribution >= 4 is 29.9 Å². The fourth-order valence-corrected chi connectivity index (χ4v) is 2.65. The van der Waals surface area contributed by atoms with E-state index in [1.807, 2.05) is 12.1 Å². The maximum Gasteiger partial charge on any atom is 0.188 e. The van der Waals surface area contributed by atoms with Crippen LogP contribution in [0.1, 0.15) is 44.1 Å². The lowest BCUT2D eigenvalue weighted by atomic mass is 9.96. The predicted octanol–water partition coefficient (Wildman–Crippen LogP) is 3.18. The van der Waals surface area contributed by atoms with Crippen molar-refractivity contribution in [2.45, 2.75) is 51.0 Å². The highest BCUT2D eigenvalue weighted by molar-refractivity contribution is 14.0. The summed E-state index contributed by atoms with van der Waals surface area (Å²) in [7, 11) is 0. The Bertz CT molecular complexity index is 428. The average Bonchev–Trinajstić information content (AvgIpc) is 2.46. The predicted molar refractivity (Wildman–Crippen MR) is 98.3 cm³/mol. The Morgan fingerprint density at radius 2 is 1.86 bits per heavy atom. The first-order valence-corrected chi connectivity index (χ1v) is 7.58. The molecule has 1 aromatic carbocycles. The molecule has 1 fully saturated rings. The molecule has 2 rings (SSSR count). The van der Waals surface area contributed by atoms with E-state index in [0.29, 0.717) is 17.8 Å². The van der Waals surface area contributed by atoms with Gasteiger partial charge < -0.3 is 16.2 Å². The van der Waals surface area contributed by atoms with E-state index in [-0.39, 0.29) is 24.0 Å². The van der Waals surface area contributed by atoms with E-state index in [1.165, 1.54) is 37.7 Å². The van der Waals surface area contributed by atoms with E-state index < -0.39 is 0 Å². The molecule has 0 saturated heterocycles. The fraction of sp³-hybridized carbons (Fsp3) is 0.562. The molecule has 0 atom stereocenters. The fourth-order valence-electron chi connectivity index (χ4n) is 2.65. The number of phenolic OH excluding ortho intramolecular Hbond substituents is 1. The van der Waals surface area contributed by atoms with Crippen molar-refractivity contribution in [2.24, 2.45) is 10.7 Å². The second kappa shape index (κ2) is 9.87. The van der Waals surface area contributed by atoms with Crippen molar-refractivity contribution in [3.63, 3.8) is 0 Å². The highest BCUT2D eigenvalue weighted by atomic mass is 127. The van der Waals surface area contributed by atoms with Gasteiger partial charge in [-0.2, -0.15) is 0 Å². The molecule has 5 heteroatoms. The van der Waals surface area contributed by atoms with Crippen LogP contribution in [-0.2, 0) is 6.42 Å². The van der Waals surface area contributed by atoms with Crippen molar-refractivity contribution < 1.29 is 5.11 Å². The van der Waals surface area contributed by atoms with Gasteiger partial charge in [0.15, 0.2) is 5.96 Å². The molecule has 4 nitrogen and oxygen atoms in total. The molecule has 0 unspecified atom stereocenters. The van der Waals surface area contributed by atoms with Crippen LogP contribution in [0.2, 0.25) is 0 Å². The van der Waals surface area contributed by atoms with Crippen LogP contribution in [0.25, 0.3) is 0 Å². The molecule has 1 aliphatic rings. The van der Waals surface area contributed by atoms with Crippen LogP contribution < -0.4 is 11.1 Å². The Labute approximate surface area is 144 Å². The van der Waals surface area contributed by atoms with Crippen molar-refractivity contribution in [3.05, 3.63) is 29.8 Å². The zero-order valence-electron chi connectivity index (χ0n) is 12.4. The lowest BCUT2D eigenvalue weighted by Crippen LogP contribution is -2.41. The molecule has 0 heterocycles. The van der Waals surface area contributed by atoms with Gasteiger partial charge in [-0.15, -0.1) is 24.0 Å². The second-order valence-corrected chi connectivity index (χ2v) is 5.52. The van der Waals surface area contributed by atoms with Crippen LogP contribution in [0.5, 0.6) is 5.75 Å². The molecular weight excluding hydrogens is 377 g/mol. The third-order valence-electron chi connectivity index (χ3n) is 3.80. The summed E-state index contributed by atoms with van der Waals surface area (Å²) in [5.41, 5.74) is 7.13. The monoisotopic (exact) mass is 403 g/mol. The molecule has 0 aliphatic heterocycles. The number of nitrogens with two attached hydrogens (primary N) is 1. The number of nitrogens with one attached hydrogen (secondary N) is 1. The standard InChI is InChI=1S/C16H25N3O.HI/c17-16(19-14-6-2-1-3-7-14)18-12-4-5-13-8-10-15(20)11-9-13;/h8-11,14,20H,1-7,12H2,(H3,17,18,19);1H. The number of hydrogen-bond acceptors (Lipinski definition) is 2. The number of aryl methyl sites for hydroxylation is 1. The molecule has 0 aromatic heterocycles. The first-order chi connectivity index (χ1) is 9.74. The Balaban J connectivity index is 0.00000220. The smallest absolute Gasteiger partial charge is 0.188 e. The summed E-state index contributed by atoms with van der Waals surface area (Å²) < 4.78 is 0. The van der Waals surface area contributed by atoms with Gasteiger partial charge in [-0.1, -0.05) is 31.4 Å². The van der Waals surface area contributed by atoms with Gasteiger partial charge in [0.25, 0.3) is 0 Å². The average molecular weight is 403 g/mol. The van der Waals surface area contributed by atoms with Crippen molar-refractivity contribution in [1.82, 2.24) is 5.32 Å². The summed E-state index contributed by atoms with van der Waals surface area (Å²) in [5.74, 6) is 0.898. The number of halogens is 1. The van der Waals surface area contributed by atoms with Gasteiger partial charge in [0, 0.05) is 12.6 Å². The summed E-state index contributed by atoms with van der Waals surface area (Å²) in [5, 5.41) is 12.5. The normalized spacial score (nSPS) is 16.3. The minimum atomic E-state index is 0. The summed E-state index contributed by atoms with van der Waals surface area (Å²) >= 11 is 0. The van der Waals surface area contributed by atoms with E-state index in [2.05, 4.69) is 10.3 Å². The quantitative estimate of drug-likeness (QED) is 0.306. The largest absolute Gasteiger partial charge is 0.508 e. The van der Waals surface area contributed by atoms with Crippen LogP contribution in [0.4, 0.5) is 0 Å². The van der Waals surface area contributed by atoms with Crippen molar-refractivity contribution in [3.8, 4) is 5.75 Å². The lowest BCUT2D eigenvalue weighted by Gasteiger charge is -2.23. The van der Waals surface area contributed by atoms with Gasteiger partial charge in [-0.3, -0.25) is 4.99 Å². The minimum absolute atomic E-state index is 0. The summed E-state index contributed by atoms with van der Waals surface area (Å²) in [6, 6.07) is 7.85. The SMILES string of the molecule is I.NC(=NCCCc1ccc(O)cc1)NC1CCCCC1. The van der Waals surface area contributed by atoms with Crippen LogP contribution >= 0.6 is 24.0 Å². The number of aliphatic imine (C=N–C) groups is 1. The third kappa shape index (κ3) is 7.02. The van der Waals surface area contributed by atoms with Crippen LogP contribution in [0.3, 0.4) is 0 Å². The molecule has 1 saturated carbocycles. The van der Waals surface area contributed by atoms with E-state index in [1.54, 1.807) is 12.1 Å². The molecule has 118 valence electrons. The molecule has 0 spiro atoms. The number of hydrogen-bond donors (Lipinski definition) is 3. The molecule has 21 heavy (non-hydrogen) atoms. The number of aromatic hydroxyl groups is 1. The van der Waals surface area contributed by atoms with E-state index in [0.717, 1.165) is 19.4 Å². The lowest BCUT2D eigenvalue weighted by molar-refractivity contribution is 0.412. The minimum Gasteiger partial charge on any atom is -0.508 e. The zero-order chi connectivity index (χ0) is 14.2. The first kappa shape index (κ1) is 18.1. The van der Waals surface area contributed by atoms with Gasteiger partial charge >= 0.3 is 0 Å². The molecule has 0 radical (unpaired) electrons. The Kier molecular flexibility index (Phi) is 8.49. The summed E-state index contributed by atoms with van der Waals surface area (Å²) in [6.07, 6.45) is 8.30. The Morgan fingerprint density at radius 3 is 2.52 bits per heavy atom. The van der Waals surface area contributed by atoms with E-state index in [9.17, 15) is 5.11 Å². The molecule has 1 aromatic rings. The number of rotatable bonds is 5. The maximum atomic E-state index is 9.21. The van der Waals surface area contributed by atoms with Gasteiger partial charge in [0.05, 0.1) is 0 Å². The molecule has 1 aliphatic carbocycles. The van der Waals surface area contributed by atoms with Gasteiger partial charge in [0.1, 0.15) is 5.75 Å². The van der Waals surface area contributed by atoms with Gasteiger partial charge in [-0.25, -0.2) is 0 Å². The maximum absolute atomic E-state index is 9.21. The highest BCUT2D eigenvalue weighted by Crippen LogP contribution is 2.17. The van der Waals surface area contributed by atoms with Crippen molar-refractivity contribution in [2.75, 3.05) is 6.54 Å². The Morgan fingerprint density at radius 1 is 1.19 bits per heavy atom. The van der Waals surface area contributed by atoms with Crippen LogP contribution in [0.15, 0.2) is 29.3 Å². The second-order valence-electron chi connectivity index (χ2n) is 5.52. The zero-order valence-corrected chi connectivity index (χ0v) is 14.8. The molecule has 0 amide bonds. The van der Waals surface area contributed by atoms with E-state index in [4.69, 9.17) is 5.73 Å². The van der Waals surface area contributed by atoms with Gasteiger partial charge in [0.2, 0.25) is 0 Å². The van der Waals surface area contributed by atoms with Crippen LogP contribution in [-0.4, -0.2) is 23.7 Å². The number of nitrogens with zero attached hydrogens (tertiary/aromatic N) is 1. The summed E-state index contributed by atoms with van der Waals surface area (Å²) in [6.45, 7) is 0.742. The molecule has 0 bridgehead atoms. The van der Waals surface area contributed by atoms with E-state index >= 15 is 0 Å². The molecular formula is C16H26IN3O. The summed E-state index contributed by atoms with van der Waals surface area (Å²) in [4.78, 5) is 4.38. The number of benzene rings is 1. The number of phenols is 1. The number of guanidine groups is 1. The van der Waals surface area contributed by atoms with Crippen LogP contribution in [0, 0.1) is 0 Å². The van der Waals surface area contributed by atoms with Crippen molar-refractivity contribution in [1.29, 1.82) is 0 Å². The highest BCUT2D eigenvalue weighted by Gasteiger charge is 2.12.